The maximum Gasteiger partial charge on any atom is 0.274 e. The number of nitrogens with one attached hydrogen (secondary N) is 2. The van der Waals surface area contributed by atoms with E-state index >= 15 is 0 Å². The maximum absolute atomic E-state index is 13.4. The van der Waals surface area contributed by atoms with Crippen LogP contribution in [0.5, 0.6) is 0 Å². The fraction of sp³-hybridized carbons (Fsp3) is 0.500. The first-order chi connectivity index (χ1) is 14.7. The third kappa shape index (κ3) is 7.23. The Morgan fingerprint density at radius 1 is 1.32 bits per heavy atom. The first-order valence-corrected chi connectivity index (χ1v) is 12.2. The predicted molar refractivity (Wildman–Crippen MR) is 118 cm³/mol. The Morgan fingerprint density at radius 3 is 2.84 bits per heavy atom. The van der Waals surface area contributed by atoms with Crippen molar-refractivity contribution in [2.24, 2.45) is 27.7 Å². The second-order valence-electron chi connectivity index (χ2n) is 7.56. The summed E-state index contributed by atoms with van der Waals surface area (Å²) in [7, 11) is -3.66. The van der Waals surface area contributed by atoms with Gasteiger partial charge in [-0.05, 0) is 75.5 Å². The lowest BCUT2D eigenvalue weighted by atomic mass is 9.80. The number of nitrogens with two attached hydrogens (primary N) is 2. The van der Waals surface area contributed by atoms with Crippen LogP contribution in [0.25, 0.3) is 0 Å². The highest BCUT2D eigenvalue weighted by molar-refractivity contribution is 9.10. The number of benzene rings is 1. The van der Waals surface area contributed by atoms with E-state index in [2.05, 4.69) is 41.3 Å². The Balaban J connectivity index is 1.53. The van der Waals surface area contributed by atoms with E-state index in [0.717, 1.165) is 32.1 Å². The van der Waals surface area contributed by atoms with Crippen LogP contribution in [0.4, 0.5) is 15.9 Å². The van der Waals surface area contributed by atoms with Gasteiger partial charge in [0.05, 0.1) is 10.2 Å². The molecular formula is C18H25BrFN7O3S. The van der Waals surface area contributed by atoms with E-state index < -0.39 is 16.0 Å². The standard InChI is InChI=1S/C18H25BrFN7O3S/c19-14-9-13(4-5-15(14)20)25-17(21)16-18(27-30-26-16)23-7-6-11-2-1-3-12(8-11)10-24-31(22,28)29/h4-5,9,11-12,24H,1-3,6-8,10H2,(H2,21,25)(H,23,27)(H2,22,28,29). The van der Waals surface area contributed by atoms with Gasteiger partial charge in [0.15, 0.2) is 11.5 Å². The largest absolute Gasteiger partial charge is 0.382 e. The summed E-state index contributed by atoms with van der Waals surface area (Å²) >= 11 is 3.11. The van der Waals surface area contributed by atoms with Crippen LogP contribution < -0.4 is 20.9 Å². The van der Waals surface area contributed by atoms with Crippen molar-refractivity contribution in [3.8, 4) is 0 Å². The SMILES string of the molecule is NC(=Nc1ccc(F)c(Br)c1)c1nonc1NCCC1CCCC(CNS(N)(=O)=O)C1. The number of halogens is 2. The molecule has 0 amide bonds. The fourth-order valence-electron chi connectivity index (χ4n) is 3.70. The second kappa shape index (κ2) is 10.5. The zero-order valence-electron chi connectivity index (χ0n) is 16.7. The molecule has 170 valence electrons. The van der Waals surface area contributed by atoms with Gasteiger partial charge >= 0.3 is 0 Å². The summed E-state index contributed by atoms with van der Waals surface area (Å²) in [6.45, 7) is 0.989. The van der Waals surface area contributed by atoms with Crippen molar-refractivity contribution in [3.63, 3.8) is 0 Å². The zero-order chi connectivity index (χ0) is 22.4. The molecule has 1 aromatic heterocycles. The van der Waals surface area contributed by atoms with E-state index in [9.17, 15) is 12.8 Å². The Bertz CT molecular complexity index is 1030. The molecule has 10 nitrogen and oxygen atoms in total. The molecule has 1 aliphatic rings. The normalized spacial score (nSPS) is 20.0. The van der Waals surface area contributed by atoms with Gasteiger partial charge in [-0.2, -0.15) is 8.42 Å². The van der Waals surface area contributed by atoms with Gasteiger partial charge in [0.1, 0.15) is 5.82 Å². The van der Waals surface area contributed by atoms with E-state index in [4.69, 9.17) is 15.5 Å². The topological polar surface area (TPSA) is 162 Å². The van der Waals surface area contributed by atoms with Crippen LogP contribution in [-0.4, -0.2) is 37.7 Å². The van der Waals surface area contributed by atoms with E-state index in [-0.39, 0.29) is 21.9 Å². The van der Waals surface area contributed by atoms with Gasteiger partial charge < -0.3 is 11.1 Å². The van der Waals surface area contributed by atoms with E-state index in [1.807, 2.05) is 0 Å². The minimum atomic E-state index is -3.66. The smallest absolute Gasteiger partial charge is 0.274 e. The monoisotopic (exact) mass is 517 g/mol. The van der Waals surface area contributed by atoms with Gasteiger partial charge in [-0.1, -0.05) is 12.8 Å². The summed E-state index contributed by atoms with van der Waals surface area (Å²) < 4.78 is 43.0. The Labute approximate surface area is 188 Å². The van der Waals surface area contributed by atoms with Crippen molar-refractivity contribution in [1.82, 2.24) is 15.0 Å². The van der Waals surface area contributed by atoms with Crippen molar-refractivity contribution < 1.29 is 17.4 Å². The average Bonchev–Trinajstić information content (AvgIpc) is 3.18. The Kier molecular flexibility index (Phi) is 7.97. The first-order valence-electron chi connectivity index (χ1n) is 9.84. The lowest BCUT2D eigenvalue weighted by molar-refractivity contribution is 0.259. The van der Waals surface area contributed by atoms with Crippen LogP contribution in [0.2, 0.25) is 0 Å². The van der Waals surface area contributed by atoms with Gasteiger partial charge in [-0.3, -0.25) is 0 Å². The van der Waals surface area contributed by atoms with E-state index in [1.165, 1.54) is 18.2 Å². The molecule has 31 heavy (non-hydrogen) atoms. The average molecular weight is 518 g/mol. The lowest BCUT2D eigenvalue weighted by Crippen LogP contribution is -2.36. The molecule has 1 aliphatic carbocycles. The summed E-state index contributed by atoms with van der Waals surface area (Å²) in [5, 5.41) is 15.8. The molecule has 0 bridgehead atoms. The van der Waals surface area contributed by atoms with E-state index in [1.54, 1.807) is 0 Å². The molecule has 0 radical (unpaired) electrons. The molecule has 13 heteroatoms. The quantitative estimate of drug-likeness (QED) is 0.293. The highest BCUT2D eigenvalue weighted by Gasteiger charge is 2.23. The summed E-state index contributed by atoms with van der Waals surface area (Å²) in [6, 6.07) is 4.29. The number of nitrogens with zero attached hydrogens (tertiary/aromatic N) is 3. The summed E-state index contributed by atoms with van der Waals surface area (Å²) in [4.78, 5) is 4.24. The van der Waals surface area contributed by atoms with Crippen molar-refractivity contribution >= 4 is 43.5 Å². The van der Waals surface area contributed by atoms with Crippen LogP contribution in [0.15, 0.2) is 32.3 Å². The summed E-state index contributed by atoms with van der Waals surface area (Å²) in [5.41, 5.74) is 6.77. The number of amidine groups is 1. The second-order valence-corrected chi connectivity index (χ2v) is 9.80. The highest BCUT2D eigenvalue weighted by atomic mass is 79.9. The van der Waals surface area contributed by atoms with Crippen molar-refractivity contribution in [3.05, 3.63) is 34.2 Å². The van der Waals surface area contributed by atoms with Crippen molar-refractivity contribution in [2.75, 3.05) is 18.4 Å². The highest BCUT2D eigenvalue weighted by Crippen LogP contribution is 2.31. The van der Waals surface area contributed by atoms with Gasteiger partial charge in [0.25, 0.3) is 10.2 Å². The number of aromatic nitrogens is 2. The van der Waals surface area contributed by atoms with Gasteiger partial charge in [-0.15, -0.1) is 0 Å². The van der Waals surface area contributed by atoms with Gasteiger partial charge in [0.2, 0.25) is 5.82 Å². The molecule has 3 rings (SSSR count). The zero-order valence-corrected chi connectivity index (χ0v) is 19.1. The van der Waals surface area contributed by atoms with Gasteiger partial charge in [-0.25, -0.2) is 23.9 Å². The van der Waals surface area contributed by atoms with Crippen molar-refractivity contribution in [2.45, 2.75) is 32.1 Å². The number of aliphatic imine (C=N–C) groups is 1. The molecule has 1 aromatic carbocycles. The van der Waals surface area contributed by atoms with Crippen LogP contribution >= 0.6 is 15.9 Å². The third-order valence-corrected chi connectivity index (χ3v) is 6.37. The number of rotatable bonds is 9. The minimum Gasteiger partial charge on any atom is -0.382 e. The predicted octanol–water partition coefficient (Wildman–Crippen LogP) is 2.41. The number of anilines is 1. The molecule has 1 fully saturated rings. The fourth-order valence-corrected chi connectivity index (χ4v) is 4.53. The maximum atomic E-state index is 13.4. The number of hydrogen-bond acceptors (Lipinski definition) is 7. The van der Waals surface area contributed by atoms with Crippen LogP contribution in [0.3, 0.4) is 0 Å². The molecule has 0 aliphatic heterocycles. The molecule has 6 N–H and O–H groups in total. The van der Waals surface area contributed by atoms with Crippen LogP contribution in [0.1, 0.15) is 37.8 Å². The molecule has 2 unspecified atom stereocenters. The molecule has 2 atom stereocenters. The molecule has 1 heterocycles. The first kappa shape index (κ1) is 23.6. The van der Waals surface area contributed by atoms with Crippen molar-refractivity contribution in [1.29, 1.82) is 0 Å². The van der Waals surface area contributed by atoms with Crippen LogP contribution in [-0.2, 0) is 10.2 Å². The van der Waals surface area contributed by atoms with Crippen LogP contribution in [0, 0.1) is 17.7 Å². The molecule has 1 saturated carbocycles. The summed E-state index contributed by atoms with van der Waals surface area (Å²) in [6.07, 6.45) is 4.92. The molecular weight excluding hydrogens is 493 g/mol. The minimum absolute atomic E-state index is 0.0917. The third-order valence-electron chi connectivity index (χ3n) is 5.19. The molecule has 0 saturated heterocycles. The Hall–Kier alpha value is -2.09. The molecule has 0 spiro atoms. The number of hydrogen-bond donors (Lipinski definition) is 4. The lowest BCUT2D eigenvalue weighted by Gasteiger charge is -2.29. The van der Waals surface area contributed by atoms with E-state index in [0.29, 0.717) is 30.5 Å². The molecule has 2 aromatic rings. The summed E-state index contributed by atoms with van der Waals surface area (Å²) in [5.74, 6) is 0.812. The Morgan fingerprint density at radius 2 is 2.10 bits per heavy atom. The van der Waals surface area contributed by atoms with Gasteiger partial charge in [0, 0.05) is 13.1 Å².